The SMILES string of the molecule is C[C@H](Nc1ccc(F)c(N2CCCS2(=O)=O)c1)c1ccncc1. The molecule has 122 valence electrons. The van der Waals surface area contributed by atoms with Gasteiger partial charge in [-0.2, -0.15) is 0 Å². The fourth-order valence-electron chi connectivity index (χ4n) is 2.69. The summed E-state index contributed by atoms with van der Waals surface area (Å²) in [5.41, 5.74) is 1.82. The smallest absolute Gasteiger partial charge is 0.235 e. The molecule has 7 heteroatoms. The standard InChI is InChI=1S/C16H18FN3O2S/c1-12(13-5-7-18-8-6-13)19-14-3-4-15(17)16(11-14)20-9-2-10-23(20,21)22/h3-8,11-12,19H,2,9-10H2,1H3/t12-/m0/s1. The van der Waals surface area contributed by atoms with Crippen LogP contribution >= 0.6 is 0 Å². The zero-order valence-electron chi connectivity index (χ0n) is 12.7. The molecule has 5 nitrogen and oxygen atoms in total. The Morgan fingerprint density at radius 3 is 2.65 bits per heavy atom. The Hall–Kier alpha value is -2.15. The van der Waals surface area contributed by atoms with Gasteiger partial charge in [0.25, 0.3) is 0 Å². The van der Waals surface area contributed by atoms with E-state index in [1.54, 1.807) is 24.5 Å². The molecule has 0 spiro atoms. The molecule has 2 aromatic rings. The zero-order chi connectivity index (χ0) is 16.4. The zero-order valence-corrected chi connectivity index (χ0v) is 13.6. The largest absolute Gasteiger partial charge is 0.378 e. The van der Waals surface area contributed by atoms with E-state index in [-0.39, 0.29) is 17.5 Å². The number of anilines is 2. The van der Waals surface area contributed by atoms with Gasteiger partial charge in [0.15, 0.2) is 0 Å². The van der Waals surface area contributed by atoms with Crippen molar-refractivity contribution < 1.29 is 12.8 Å². The number of nitrogens with one attached hydrogen (secondary N) is 1. The van der Waals surface area contributed by atoms with Gasteiger partial charge < -0.3 is 5.32 Å². The molecule has 1 aliphatic rings. The van der Waals surface area contributed by atoms with Crippen LogP contribution in [0, 0.1) is 5.82 Å². The summed E-state index contributed by atoms with van der Waals surface area (Å²) < 4.78 is 39.2. The molecule has 23 heavy (non-hydrogen) atoms. The summed E-state index contributed by atoms with van der Waals surface area (Å²) in [4.78, 5) is 3.98. The lowest BCUT2D eigenvalue weighted by Crippen LogP contribution is -2.26. The molecular weight excluding hydrogens is 317 g/mol. The van der Waals surface area contributed by atoms with Crippen LogP contribution in [0.15, 0.2) is 42.7 Å². The van der Waals surface area contributed by atoms with Crippen LogP contribution in [0.1, 0.15) is 24.9 Å². The summed E-state index contributed by atoms with van der Waals surface area (Å²) in [6.45, 7) is 2.30. The topological polar surface area (TPSA) is 62.3 Å². The van der Waals surface area contributed by atoms with Gasteiger partial charge in [-0.3, -0.25) is 9.29 Å². The number of rotatable bonds is 4. The first-order chi connectivity index (χ1) is 11.0. The van der Waals surface area contributed by atoms with E-state index in [0.717, 1.165) is 9.87 Å². The van der Waals surface area contributed by atoms with E-state index in [4.69, 9.17) is 0 Å². The van der Waals surface area contributed by atoms with Crippen LogP contribution in [-0.4, -0.2) is 25.7 Å². The fraction of sp³-hybridized carbons (Fsp3) is 0.312. The third-order valence-electron chi connectivity index (χ3n) is 3.90. The Balaban J connectivity index is 1.86. The van der Waals surface area contributed by atoms with Gasteiger partial charge in [-0.15, -0.1) is 0 Å². The summed E-state index contributed by atoms with van der Waals surface area (Å²) in [6, 6.07) is 8.24. The van der Waals surface area contributed by atoms with Crippen LogP contribution in [0.5, 0.6) is 0 Å². The Morgan fingerprint density at radius 2 is 2.00 bits per heavy atom. The molecule has 1 aromatic carbocycles. The maximum atomic E-state index is 14.1. The maximum absolute atomic E-state index is 14.1. The third kappa shape index (κ3) is 3.29. The molecule has 0 radical (unpaired) electrons. The average molecular weight is 335 g/mol. The summed E-state index contributed by atoms with van der Waals surface area (Å²) in [7, 11) is -3.40. The first-order valence-corrected chi connectivity index (χ1v) is 9.05. The molecule has 0 unspecified atom stereocenters. The van der Waals surface area contributed by atoms with Gasteiger partial charge in [0, 0.05) is 30.7 Å². The highest BCUT2D eigenvalue weighted by atomic mass is 32.2. The molecule has 0 bridgehead atoms. The molecule has 0 amide bonds. The number of nitrogens with zero attached hydrogens (tertiary/aromatic N) is 2. The Labute approximate surface area is 135 Å². The molecule has 1 fully saturated rings. The minimum absolute atomic E-state index is 0.00787. The van der Waals surface area contributed by atoms with Gasteiger partial charge >= 0.3 is 0 Å². The van der Waals surface area contributed by atoms with Crippen molar-refractivity contribution in [1.82, 2.24) is 4.98 Å². The van der Waals surface area contributed by atoms with Gasteiger partial charge in [-0.1, -0.05) is 0 Å². The van der Waals surface area contributed by atoms with Gasteiger partial charge in [0.1, 0.15) is 5.82 Å². The Kier molecular flexibility index (Phi) is 4.21. The quantitative estimate of drug-likeness (QED) is 0.933. The molecule has 0 aliphatic carbocycles. The normalized spacial score (nSPS) is 17.9. The van der Waals surface area contributed by atoms with E-state index in [2.05, 4.69) is 10.3 Å². The fourth-order valence-corrected chi connectivity index (χ4v) is 4.25. The van der Waals surface area contributed by atoms with Crippen molar-refractivity contribution in [3.05, 3.63) is 54.1 Å². The van der Waals surface area contributed by atoms with E-state index in [0.29, 0.717) is 18.7 Å². The van der Waals surface area contributed by atoms with Gasteiger partial charge in [0.2, 0.25) is 10.0 Å². The summed E-state index contributed by atoms with van der Waals surface area (Å²) in [5.74, 6) is -0.463. The van der Waals surface area contributed by atoms with E-state index >= 15 is 0 Å². The second-order valence-corrected chi connectivity index (χ2v) is 7.57. The van der Waals surface area contributed by atoms with Crippen molar-refractivity contribution in [2.45, 2.75) is 19.4 Å². The molecule has 1 aliphatic heterocycles. The van der Waals surface area contributed by atoms with Crippen molar-refractivity contribution in [2.24, 2.45) is 0 Å². The Morgan fingerprint density at radius 1 is 1.26 bits per heavy atom. The van der Waals surface area contributed by atoms with Crippen LogP contribution < -0.4 is 9.62 Å². The minimum Gasteiger partial charge on any atom is -0.378 e. The average Bonchev–Trinajstić information content (AvgIpc) is 2.89. The number of aromatic nitrogens is 1. The molecule has 0 saturated carbocycles. The number of hydrogen-bond acceptors (Lipinski definition) is 4. The van der Waals surface area contributed by atoms with E-state index in [9.17, 15) is 12.8 Å². The number of hydrogen-bond donors (Lipinski definition) is 1. The number of sulfonamides is 1. The van der Waals surface area contributed by atoms with Crippen LogP contribution in [0.4, 0.5) is 15.8 Å². The van der Waals surface area contributed by atoms with E-state index in [1.807, 2.05) is 19.1 Å². The summed E-state index contributed by atoms with van der Waals surface area (Å²) in [5, 5.41) is 3.26. The highest BCUT2D eigenvalue weighted by molar-refractivity contribution is 7.93. The van der Waals surface area contributed by atoms with Crippen molar-refractivity contribution in [1.29, 1.82) is 0 Å². The monoisotopic (exact) mass is 335 g/mol. The predicted octanol–water partition coefficient (Wildman–Crippen LogP) is 2.93. The van der Waals surface area contributed by atoms with Crippen molar-refractivity contribution in [2.75, 3.05) is 21.9 Å². The lowest BCUT2D eigenvalue weighted by molar-refractivity contribution is 0.595. The summed E-state index contributed by atoms with van der Waals surface area (Å²) >= 11 is 0. The predicted molar refractivity (Wildman–Crippen MR) is 88.4 cm³/mol. The first kappa shape index (κ1) is 15.7. The molecular formula is C16H18FN3O2S. The lowest BCUT2D eigenvalue weighted by atomic mass is 10.1. The number of pyridine rings is 1. The van der Waals surface area contributed by atoms with Crippen molar-refractivity contribution in [3.8, 4) is 0 Å². The van der Waals surface area contributed by atoms with Crippen molar-refractivity contribution in [3.63, 3.8) is 0 Å². The molecule has 1 aromatic heterocycles. The molecule has 1 atom stereocenters. The van der Waals surface area contributed by atoms with Gasteiger partial charge in [-0.25, -0.2) is 12.8 Å². The second-order valence-electron chi connectivity index (χ2n) is 5.55. The molecule has 2 heterocycles. The van der Waals surface area contributed by atoms with Crippen LogP contribution in [-0.2, 0) is 10.0 Å². The lowest BCUT2D eigenvalue weighted by Gasteiger charge is -2.20. The van der Waals surface area contributed by atoms with Gasteiger partial charge in [0.05, 0.1) is 11.4 Å². The maximum Gasteiger partial charge on any atom is 0.235 e. The van der Waals surface area contributed by atoms with E-state index < -0.39 is 15.8 Å². The highest BCUT2D eigenvalue weighted by Crippen LogP contribution is 2.30. The van der Waals surface area contributed by atoms with Gasteiger partial charge in [-0.05, 0) is 49.2 Å². The number of benzene rings is 1. The summed E-state index contributed by atoms with van der Waals surface area (Å²) in [6.07, 6.45) is 3.94. The Bertz CT molecular complexity index is 796. The molecule has 1 saturated heterocycles. The minimum atomic E-state index is -3.40. The van der Waals surface area contributed by atoms with Crippen LogP contribution in [0.3, 0.4) is 0 Å². The van der Waals surface area contributed by atoms with Crippen LogP contribution in [0.2, 0.25) is 0 Å². The van der Waals surface area contributed by atoms with Crippen LogP contribution in [0.25, 0.3) is 0 Å². The van der Waals surface area contributed by atoms with Crippen molar-refractivity contribution >= 4 is 21.4 Å². The molecule has 3 rings (SSSR count). The second kappa shape index (κ2) is 6.16. The third-order valence-corrected chi connectivity index (χ3v) is 5.76. The first-order valence-electron chi connectivity index (χ1n) is 7.44. The molecule has 1 N–H and O–H groups in total. The highest BCUT2D eigenvalue weighted by Gasteiger charge is 2.30. The van der Waals surface area contributed by atoms with E-state index in [1.165, 1.54) is 6.07 Å². The number of halogens is 1.